The van der Waals surface area contributed by atoms with Crippen molar-refractivity contribution in [1.82, 2.24) is 5.32 Å². The van der Waals surface area contributed by atoms with Gasteiger partial charge in [0.25, 0.3) is 0 Å². The Morgan fingerprint density at radius 2 is 2.00 bits per heavy atom. The summed E-state index contributed by atoms with van der Waals surface area (Å²) in [6, 6.07) is -0.689. The summed E-state index contributed by atoms with van der Waals surface area (Å²) in [5.41, 5.74) is 5.17. The topological polar surface area (TPSA) is 92.4 Å². The average Bonchev–Trinajstić information content (AvgIpc) is 2.02. The van der Waals surface area contributed by atoms with E-state index >= 15 is 0 Å². The third-order valence-corrected chi connectivity index (χ3v) is 1.59. The van der Waals surface area contributed by atoms with Crippen LogP contribution in [0.5, 0.6) is 0 Å². The van der Waals surface area contributed by atoms with E-state index in [2.05, 4.69) is 11.9 Å². The molecule has 0 aromatic heterocycles. The molecule has 4 N–H and O–H groups in total. The van der Waals surface area contributed by atoms with Crippen molar-refractivity contribution in [2.24, 2.45) is 11.7 Å². The van der Waals surface area contributed by atoms with Gasteiger partial charge in [0, 0.05) is 0 Å². The van der Waals surface area contributed by atoms with Crippen LogP contribution >= 0.6 is 0 Å². The molecule has 1 amide bonds. The molecule has 0 aliphatic carbocycles. The molecule has 0 radical (unpaired) electrons. The Morgan fingerprint density at radius 3 is 2.36 bits per heavy atom. The van der Waals surface area contributed by atoms with Gasteiger partial charge in [0.1, 0.15) is 5.70 Å². The monoisotopic (exact) mass is 200 g/mol. The molecule has 0 heterocycles. The molecule has 14 heavy (non-hydrogen) atoms. The Hall–Kier alpha value is -1.36. The lowest BCUT2D eigenvalue weighted by Gasteiger charge is -2.13. The highest BCUT2D eigenvalue weighted by molar-refractivity contribution is 5.93. The van der Waals surface area contributed by atoms with Crippen LogP contribution in [0.15, 0.2) is 12.3 Å². The fourth-order valence-electron chi connectivity index (χ4n) is 0.910. The van der Waals surface area contributed by atoms with Crippen LogP contribution in [0.2, 0.25) is 0 Å². The van der Waals surface area contributed by atoms with E-state index in [1.165, 1.54) is 0 Å². The lowest BCUT2D eigenvalue weighted by atomic mass is 10.0. The maximum atomic E-state index is 11.2. The Balaban J connectivity index is 4.08. The van der Waals surface area contributed by atoms with Crippen molar-refractivity contribution < 1.29 is 14.7 Å². The third-order valence-electron chi connectivity index (χ3n) is 1.59. The van der Waals surface area contributed by atoms with E-state index in [4.69, 9.17) is 10.8 Å². The van der Waals surface area contributed by atoms with Crippen LogP contribution in [-0.4, -0.2) is 23.0 Å². The van der Waals surface area contributed by atoms with E-state index in [9.17, 15) is 9.59 Å². The maximum absolute atomic E-state index is 11.2. The first-order valence-electron chi connectivity index (χ1n) is 4.33. The SMILES string of the molecule is C=C(NC(=O)[C@@H](N)CC(C)C)C(=O)O. The van der Waals surface area contributed by atoms with Crippen LogP contribution in [0.1, 0.15) is 20.3 Å². The summed E-state index contributed by atoms with van der Waals surface area (Å²) in [4.78, 5) is 21.6. The minimum absolute atomic E-state index is 0.286. The number of carboxylic acids is 1. The number of hydrogen-bond acceptors (Lipinski definition) is 3. The van der Waals surface area contributed by atoms with Gasteiger partial charge < -0.3 is 16.2 Å². The van der Waals surface area contributed by atoms with Crippen molar-refractivity contribution in [1.29, 1.82) is 0 Å². The van der Waals surface area contributed by atoms with Gasteiger partial charge in [-0.25, -0.2) is 4.79 Å². The van der Waals surface area contributed by atoms with E-state index in [-0.39, 0.29) is 11.6 Å². The normalized spacial score (nSPS) is 12.3. The second-order valence-corrected chi connectivity index (χ2v) is 3.51. The van der Waals surface area contributed by atoms with Crippen LogP contribution in [0.4, 0.5) is 0 Å². The summed E-state index contributed by atoms with van der Waals surface area (Å²) in [5.74, 6) is -1.48. The summed E-state index contributed by atoms with van der Waals surface area (Å²) < 4.78 is 0. The van der Waals surface area contributed by atoms with Gasteiger partial charge >= 0.3 is 5.97 Å². The number of carboxylic acid groups (broad SMARTS) is 1. The number of aliphatic carboxylic acids is 1. The zero-order valence-electron chi connectivity index (χ0n) is 8.41. The highest BCUT2D eigenvalue weighted by Gasteiger charge is 2.17. The van der Waals surface area contributed by atoms with Crippen molar-refractivity contribution in [3.63, 3.8) is 0 Å². The predicted molar refractivity (Wildman–Crippen MR) is 52.3 cm³/mol. The molecule has 0 saturated heterocycles. The molecule has 80 valence electrons. The molecule has 0 rings (SSSR count). The standard InChI is InChI=1S/C9H16N2O3/c1-5(2)4-7(10)8(12)11-6(3)9(13)14/h5,7H,3-4,10H2,1-2H3,(H,11,12)(H,13,14)/t7-/m0/s1. The fraction of sp³-hybridized carbons (Fsp3) is 0.556. The number of nitrogens with one attached hydrogen (secondary N) is 1. The number of amides is 1. The second kappa shape index (κ2) is 5.39. The number of carbonyl (C=O) groups excluding carboxylic acids is 1. The van der Waals surface area contributed by atoms with E-state index in [0.717, 1.165) is 0 Å². The van der Waals surface area contributed by atoms with E-state index < -0.39 is 17.9 Å². The van der Waals surface area contributed by atoms with Gasteiger partial charge in [0.05, 0.1) is 6.04 Å². The zero-order valence-corrected chi connectivity index (χ0v) is 8.41. The third kappa shape index (κ3) is 4.61. The first kappa shape index (κ1) is 12.6. The summed E-state index contributed by atoms with van der Waals surface area (Å²) in [7, 11) is 0. The van der Waals surface area contributed by atoms with E-state index in [0.29, 0.717) is 6.42 Å². The molecule has 1 atom stereocenters. The number of hydrogen-bond donors (Lipinski definition) is 3. The van der Waals surface area contributed by atoms with E-state index in [1.54, 1.807) is 0 Å². The van der Waals surface area contributed by atoms with Gasteiger partial charge in [0.15, 0.2) is 0 Å². The predicted octanol–water partition coefficient (Wildman–Crippen LogP) is 0.0743. The summed E-state index contributed by atoms with van der Waals surface area (Å²) in [6.45, 7) is 7.03. The number of carbonyl (C=O) groups is 2. The Bertz CT molecular complexity index is 248. The number of nitrogens with two attached hydrogens (primary N) is 1. The van der Waals surface area contributed by atoms with Crippen LogP contribution < -0.4 is 11.1 Å². The highest BCUT2D eigenvalue weighted by atomic mass is 16.4. The Morgan fingerprint density at radius 1 is 1.50 bits per heavy atom. The first-order valence-corrected chi connectivity index (χ1v) is 4.33. The molecule has 0 saturated carbocycles. The quantitative estimate of drug-likeness (QED) is 0.548. The molecule has 0 aromatic carbocycles. The lowest BCUT2D eigenvalue weighted by Crippen LogP contribution is -2.41. The molecule has 0 spiro atoms. The molecular weight excluding hydrogens is 184 g/mol. The van der Waals surface area contributed by atoms with Gasteiger partial charge in [-0.2, -0.15) is 0 Å². The number of rotatable bonds is 5. The van der Waals surface area contributed by atoms with Crippen molar-refractivity contribution in [2.45, 2.75) is 26.3 Å². The largest absolute Gasteiger partial charge is 0.477 e. The lowest BCUT2D eigenvalue weighted by molar-refractivity contribution is -0.134. The minimum atomic E-state index is -1.25. The molecule has 0 aliphatic heterocycles. The van der Waals surface area contributed by atoms with Gasteiger partial charge in [-0.05, 0) is 12.3 Å². The van der Waals surface area contributed by atoms with Crippen molar-refractivity contribution in [3.8, 4) is 0 Å². The van der Waals surface area contributed by atoms with Gasteiger partial charge in [0.2, 0.25) is 5.91 Å². The van der Waals surface area contributed by atoms with Crippen LogP contribution in [0, 0.1) is 5.92 Å². The molecule has 0 aliphatic rings. The molecule has 0 fully saturated rings. The second-order valence-electron chi connectivity index (χ2n) is 3.51. The Labute approximate surface area is 83.0 Å². The van der Waals surface area contributed by atoms with Crippen LogP contribution in [0.3, 0.4) is 0 Å². The summed E-state index contributed by atoms with van der Waals surface area (Å²) >= 11 is 0. The fourth-order valence-corrected chi connectivity index (χ4v) is 0.910. The minimum Gasteiger partial charge on any atom is -0.477 e. The van der Waals surface area contributed by atoms with Gasteiger partial charge in [-0.1, -0.05) is 20.4 Å². The molecule has 5 heteroatoms. The highest BCUT2D eigenvalue weighted by Crippen LogP contribution is 2.02. The molecule has 5 nitrogen and oxygen atoms in total. The van der Waals surface area contributed by atoms with E-state index in [1.807, 2.05) is 13.8 Å². The molecule has 0 bridgehead atoms. The van der Waals surface area contributed by atoms with Crippen molar-refractivity contribution in [3.05, 3.63) is 12.3 Å². The van der Waals surface area contributed by atoms with Gasteiger partial charge in [-0.3, -0.25) is 4.79 Å². The van der Waals surface area contributed by atoms with Crippen LogP contribution in [0.25, 0.3) is 0 Å². The Kier molecular flexibility index (Phi) is 4.86. The zero-order chi connectivity index (χ0) is 11.3. The molecule has 0 aromatic rings. The van der Waals surface area contributed by atoms with Crippen LogP contribution in [-0.2, 0) is 9.59 Å². The average molecular weight is 200 g/mol. The summed E-state index contributed by atoms with van der Waals surface area (Å²) in [6.07, 6.45) is 0.513. The summed E-state index contributed by atoms with van der Waals surface area (Å²) in [5, 5.41) is 10.6. The first-order chi connectivity index (χ1) is 6.34. The smallest absolute Gasteiger partial charge is 0.351 e. The van der Waals surface area contributed by atoms with Gasteiger partial charge in [-0.15, -0.1) is 0 Å². The van der Waals surface area contributed by atoms with Crippen molar-refractivity contribution in [2.75, 3.05) is 0 Å². The maximum Gasteiger partial charge on any atom is 0.351 e. The molecular formula is C9H16N2O3. The molecule has 0 unspecified atom stereocenters. The van der Waals surface area contributed by atoms with Crippen molar-refractivity contribution >= 4 is 11.9 Å².